The number of halogens is 6. The van der Waals surface area contributed by atoms with Gasteiger partial charge in [-0.2, -0.15) is 0 Å². The van der Waals surface area contributed by atoms with E-state index in [-0.39, 0.29) is 28.5 Å². The summed E-state index contributed by atoms with van der Waals surface area (Å²) in [5.41, 5.74) is -0.00360. The van der Waals surface area contributed by atoms with Crippen molar-refractivity contribution in [2.75, 3.05) is 5.32 Å². The lowest BCUT2D eigenvalue weighted by atomic mass is 10.1. The molecule has 1 amide bonds. The Labute approximate surface area is 193 Å². The van der Waals surface area contributed by atoms with Gasteiger partial charge in [-0.3, -0.25) is 14.6 Å². The fraction of sp³-hybridized carbons (Fsp3) is 0.136. The van der Waals surface area contributed by atoms with Crippen LogP contribution in [-0.4, -0.2) is 29.4 Å². The third-order valence-corrected chi connectivity index (χ3v) is 4.09. The Bertz CT molecular complexity index is 1230. The Hall–Kier alpha value is -4.29. The van der Waals surface area contributed by atoms with Crippen LogP contribution in [0.2, 0.25) is 0 Å². The average molecular weight is 500 g/mol. The van der Waals surface area contributed by atoms with E-state index in [0.29, 0.717) is 0 Å². The quantitative estimate of drug-likeness (QED) is 0.311. The van der Waals surface area contributed by atoms with Gasteiger partial charge in [-0.25, -0.2) is 0 Å². The van der Waals surface area contributed by atoms with E-state index in [0.717, 1.165) is 42.5 Å². The molecular formula is C22H14F6N2O5. The molecule has 0 aliphatic carbocycles. The van der Waals surface area contributed by atoms with Gasteiger partial charge in [0.05, 0.1) is 5.56 Å². The number of amides is 1. The van der Waals surface area contributed by atoms with Gasteiger partial charge in [-0.15, -0.1) is 26.3 Å². The van der Waals surface area contributed by atoms with E-state index in [1.807, 2.05) is 0 Å². The molecule has 0 aliphatic heterocycles. The van der Waals surface area contributed by atoms with Crippen LogP contribution in [0.25, 0.3) is 0 Å². The molecule has 7 nitrogen and oxygen atoms in total. The predicted molar refractivity (Wildman–Crippen MR) is 109 cm³/mol. The summed E-state index contributed by atoms with van der Waals surface area (Å²) < 4.78 is 88.0. The van der Waals surface area contributed by atoms with Gasteiger partial charge >= 0.3 is 12.7 Å². The molecule has 0 spiro atoms. The minimum absolute atomic E-state index is 0.0642. The summed E-state index contributed by atoms with van der Waals surface area (Å²) in [7, 11) is 0. The second-order valence-electron chi connectivity index (χ2n) is 6.77. The highest BCUT2D eigenvalue weighted by atomic mass is 19.4. The summed E-state index contributed by atoms with van der Waals surface area (Å²) >= 11 is 0. The molecule has 2 aromatic carbocycles. The third kappa shape index (κ3) is 7.62. The summed E-state index contributed by atoms with van der Waals surface area (Å²) in [5.74, 6) is -2.96. The lowest BCUT2D eigenvalue weighted by Crippen LogP contribution is -2.18. The van der Waals surface area contributed by atoms with E-state index in [9.17, 15) is 35.9 Å². The molecule has 0 unspecified atom stereocenters. The van der Waals surface area contributed by atoms with Gasteiger partial charge < -0.3 is 19.5 Å². The molecule has 35 heavy (non-hydrogen) atoms. The van der Waals surface area contributed by atoms with E-state index >= 15 is 0 Å². The molecule has 0 saturated carbocycles. The molecule has 1 heterocycles. The zero-order valence-electron chi connectivity index (χ0n) is 17.5. The first-order chi connectivity index (χ1) is 16.3. The maximum absolute atomic E-state index is 12.8. The number of rotatable bonds is 7. The van der Waals surface area contributed by atoms with Crippen LogP contribution in [0.15, 0.2) is 60.8 Å². The highest BCUT2D eigenvalue weighted by Gasteiger charge is 2.32. The summed E-state index contributed by atoms with van der Waals surface area (Å²) in [6.07, 6.45) is -8.68. The van der Waals surface area contributed by atoms with Crippen LogP contribution in [0.1, 0.15) is 27.8 Å². The van der Waals surface area contributed by atoms with Crippen LogP contribution in [0, 0.1) is 0 Å². The molecule has 3 rings (SSSR count). The molecule has 13 heteroatoms. The maximum atomic E-state index is 12.8. The minimum atomic E-state index is -5.03. The highest BCUT2D eigenvalue weighted by molar-refractivity contribution is 6.06. The third-order valence-electron chi connectivity index (χ3n) is 4.09. The number of nitrogens with one attached hydrogen (secondary N) is 1. The van der Waals surface area contributed by atoms with Gasteiger partial charge in [0.1, 0.15) is 28.7 Å². The molecule has 0 radical (unpaired) electrons. The lowest BCUT2D eigenvalue weighted by Gasteiger charge is -2.15. The molecule has 1 aromatic heterocycles. The number of ether oxygens (including phenoxy) is 3. The van der Waals surface area contributed by atoms with E-state index in [4.69, 9.17) is 4.74 Å². The number of anilines is 1. The number of aromatic nitrogens is 1. The zero-order chi connectivity index (χ0) is 25.8. The summed E-state index contributed by atoms with van der Waals surface area (Å²) in [4.78, 5) is 28.1. The Morgan fingerprint density at radius 1 is 0.800 bits per heavy atom. The van der Waals surface area contributed by atoms with Crippen molar-refractivity contribution in [3.05, 3.63) is 72.1 Å². The first-order valence-electron chi connectivity index (χ1n) is 9.51. The van der Waals surface area contributed by atoms with Crippen molar-refractivity contribution < 1.29 is 50.1 Å². The number of alkyl halides is 6. The molecule has 184 valence electrons. The van der Waals surface area contributed by atoms with Crippen molar-refractivity contribution in [2.45, 2.75) is 19.6 Å². The molecule has 0 fully saturated rings. The average Bonchev–Trinajstić information content (AvgIpc) is 2.73. The summed E-state index contributed by atoms with van der Waals surface area (Å²) in [5, 5.41) is 2.46. The Balaban J connectivity index is 1.90. The number of ketones is 1. The van der Waals surface area contributed by atoms with Gasteiger partial charge in [0, 0.05) is 24.9 Å². The first kappa shape index (κ1) is 25.3. The summed E-state index contributed by atoms with van der Waals surface area (Å²) in [6, 6.07) is 9.29. The number of Topliss-reactive ketones (excluding diaryl/α,β-unsaturated/α-hetero) is 1. The molecule has 3 aromatic rings. The molecule has 0 bridgehead atoms. The van der Waals surface area contributed by atoms with Crippen molar-refractivity contribution in [2.24, 2.45) is 0 Å². The predicted octanol–water partition coefficient (Wildman–Crippen LogP) is 6.13. The number of carbonyl (C=O) groups is 2. The van der Waals surface area contributed by atoms with Crippen molar-refractivity contribution >= 4 is 17.4 Å². The van der Waals surface area contributed by atoms with Gasteiger partial charge in [0.2, 0.25) is 0 Å². The zero-order valence-corrected chi connectivity index (χ0v) is 17.5. The van der Waals surface area contributed by atoms with Crippen LogP contribution in [-0.2, 0) is 0 Å². The second-order valence-corrected chi connectivity index (χ2v) is 6.77. The smallest absolute Gasteiger partial charge is 0.456 e. The second kappa shape index (κ2) is 9.91. The molecule has 0 atom stereocenters. The number of hydrogen-bond acceptors (Lipinski definition) is 6. The number of pyridine rings is 1. The van der Waals surface area contributed by atoms with E-state index in [1.165, 1.54) is 25.3 Å². The van der Waals surface area contributed by atoms with E-state index < -0.39 is 35.9 Å². The monoisotopic (exact) mass is 500 g/mol. The lowest BCUT2D eigenvalue weighted by molar-refractivity contribution is -0.275. The standard InChI is InChI=1S/C22H14F6N2O5/c1-12(31)18-10-13(8-9-29-18)30-20(32)17-7-6-16(35-22(26,27)28)11-19(17)33-14-2-4-15(5-3-14)34-21(23,24)25/h2-11H,1H3,(H,29,30,32). The number of nitrogens with zero attached hydrogens (tertiary/aromatic N) is 1. The number of benzene rings is 2. The van der Waals surface area contributed by atoms with Crippen molar-refractivity contribution in [1.82, 2.24) is 4.98 Å². The number of carbonyl (C=O) groups excluding carboxylic acids is 2. The molecular weight excluding hydrogens is 486 g/mol. The van der Waals surface area contributed by atoms with Gasteiger partial charge in [-0.05, 0) is 48.5 Å². The largest absolute Gasteiger partial charge is 0.573 e. The minimum Gasteiger partial charge on any atom is -0.456 e. The maximum Gasteiger partial charge on any atom is 0.573 e. The van der Waals surface area contributed by atoms with Gasteiger partial charge in [0.15, 0.2) is 5.78 Å². The SMILES string of the molecule is CC(=O)c1cc(NC(=O)c2ccc(OC(F)(F)F)cc2Oc2ccc(OC(F)(F)F)cc2)ccn1. The van der Waals surface area contributed by atoms with Crippen LogP contribution in [0.4, 0.5) is 32.0 Å². The van der Waals surface area contributed by atoms with Crippen LogP contribution >= 0.6 is 0 Å². The Morgan fingerprint density at radius 3 is 1.97 bits per heavy atom. The molecule has 1 N–H and O–H groups in total. The van der Waals surface area contributed by atoms with E-state index in [1.54, 1.807) is 0 Å². The van der Waals surface area contributed by atoms with Gasteiger partial charge in [0.25, 0.3) is 5.91 Å². The van der Waals surface area contributed by atoms with Crippen LogP contribution < -0.4 is 19.5 Å². The Morgan fingerprint density at radius 2 is 1.37 bits per heavy atom. The summed E-state index contributed by atoms with van der Waals surface area (Å²) in [6.45, 7) is 1.27. The van der Waals surface area contributed by atoms with Crippen molar-refractivity contribution in [1.29, 1.82) is 0 Å². The highest BCUT2D eigenvalue weighted by Crippen LogP contribution is 2.34. The fourth-order valence-electron chi connectivity index (χ4n) is 2.71. The molecule has 0 aliphatic rings. The fourth-order valence-corrected chi connectivity index (χ4v) is 2.71. The van der Waals surface area contributed by atoms with Gasteiger partial charge in [-0.1, -0.05) is 0 Å². The van der Waals surface area contributed by atoms with Crippen molar-refractivity contribution in [3.8, 4) is 23.0 Å². The molecule has 0 saturated heterocycles. The Kier molecular flexibility index (Phi) is 7.17. The topological polar surface area (TPSA) is 86.8 Å². The normalized spacial score (nSPS) is 11.5. The van der Waals surface area contributed by atoms with Crippen LogP contribution in [0.5, 0.6) is 23.0 Å². The first-order valence-corrected chi connectivity index (χ1v) is 9.51. The van der Waals surface area contributed by atoms with Crippen molar-refractivity contribution in [3.63, 3.8) is 0 Å². The number of hydrogen-bond donors (Lipinski definition) is 1. The van der Waals surface area contributed by atoms with E-state index in [2.05, 4.69) is 19.8 Å². The van der Waals surface area contributed by atoms with Crippen LogP contribution in [0.3, 0.4) is 0 Å².